The fourth-order valence-corrected chi connectivity index (χ4v) is 3.69. The summed E-state index contributed by atoms with van der Waals surface area (Å²) < 4.78 is 19.8. The molecule has 0 aliphatic heterocycles. The highest BCUT2D eigenvalue weighted by atomic mass is 79.9. The molecule has 24 heavy (non-hydrogen) atoms. The molecule has 0 saturated heterocycles. The van der Waals surface area contributed by atoms with E-state index < -0.39 is 11.6 Å². The predicted molar refractivity (Wildman–Crippen MR) is 90.3 cm³/mol. The number of amides is 1. The van der Waals surface area contributed by atoms with Crippen molar-refractivity contribution in [2.75, 3.05) is 7.05 Å². The third-order valence-electron chi connectivity index (χ3n) is 4.86. The lowest BCUT2D eigenvalue weighted by atomic mass is 9.89. The molecule has 128 valence electrons. The zero-order valence-electron chi connectivity index (χ0n) is 13.3. The number of rotatable bonds is 4. The van der Waals surface area contributed by atoms with Crippen LogP contribution in [0, 0.1) is 5.82 Å². The zero-order chi connectivity index (χ0) is 17.3. The smallest absolute Gasteiger partial charge is 0.407 e. The monoisotopic (exact) mass is 396 g/mol. The van der Waals surface area contributed by atoms with Gasteiger partial charge in [-0.3, -0.25) is 0 Å². The van der Waals surface area contributed by atoms with Crippen molar-refractivity contribution in [3.63, 3.8) is 0 Å². The van der Waals surface area contributed by atoms with E-state index in [4.69, 9.17) is 4.42 Å². The van der Waals surface area contributed by atoms with Gasteiger partial charge in [0.2, 0.25) is 0 Å². The van der Waals surface area contributed by atoms with Crippen LogP contribution in [0.4, 0.5) is 9.18 Å². The Labute approximate surface area is 147 Å². The summed E-state index contributed by atoms with van der Waals surface area (Å²) in [5.41, 5.74) is 0.686. The number of carbonyl (C=O) groups is 1. The van der Waals surface area contributed by atoms with Crippen molar-refractivity contribution in [2.24, 2.45) is 0 Å². The number of oxazole rings is 1. The van der Waals surface area contributed by atoms with Gasteiger partial charge in [0.25, 0.3) is 0 Å². The van der Waals surface area contributed by atoms with Gasteiger partial charge in [-0.05, 0) is 40.9 Å². The number of likely N-dealkylation sites (N-methyl/N-ethyl adjacent to an activating group) is 1. The van der Waals surface area contributed by atoms with E-state index in [1.807, 2.05) is 0 Å². The minimum absolute atomic E-state index is 0.375. The van der Waals surface area contributed by atoms with Crippen LogP contribution in [0.2, 0.25) is 0 Å². The van der Waals surface area contributed by atoms with Gasteiger partial charge >= 0.3 is 6.09 Å². The fourth-order valence-electron chi connectivity index (χ4n) is 3.44. The molecule has 1 heterocycles. The van der Waals surface area contributed by atoms with E-state index in [0.29, 0.717) is 27.9 Å². The summed E-state index contributed by atoms with van der Waals surface area (Å²) in [6, 6.07) is 4.78. The number of hydrogen-bond donors (Lipinski definition) is 1. The van der Waals surface area contributed by atoms with Crippen molar-refractivity contribution in [3.05, 3.63) is 40.6 Å². The van der Waals surface area contributed by atoms with Gasteiger partial charge in [-0.2, -0.15) is 0 Å². The second-order valence-electron chi connectivity index (χ2n) is 6.20. The molecule has 1 aromatic carbocycles. The van der Waals surface area contributed by atoms with Crippen molar-refractivity contribution in [1.82, 2.24) is 9.88 Å². The van der Waals surface area contributed by atoms with E-state index in [-0.39, 0.29) is 5.82 Å². The molecular formula is C17H18BrFN2O3. The maximum Gasteiger partial charge on any atom is 0.407 e. The van der Waals surface area contributed by atoms with Crippen molar-refractivity contribution in [1.29, 1.82) is 0 Å². The topological polar surface area (TPSA) is 66.6 Å². The Kier molecular flexibility index (Phi) is 4.62. The molecule has 2 aromatic rings. The van der Waals surface area contributed by atoms with Gasteiger partial charge in [0, 0.05) is 19.0 Å². The van der Waals surface area contributed by atoms with Gasteiger partial charge in [-0.15, -0.1) is 0 Å². The first-order chi connectivity index (χ1) is 11.4. The fraction of sp³-hybridized carbons (Fsp3) is 0.412. The lowest BCUT2D eigenvalue weighted by Gasteiger charge is -2.36. The first kappa shape index (κ1) is 17.0. The van der Waals surface area contributed by atoms with Crippen LogP contribution in [-0.4, -0.2) is 33.7 Å². The van der Waals surface area contributed by atoms with Crippen molar-refractivity contribution < 1.29 is 18.7 Å². The first-order valence-electron chi connectivity index (χ1n) is 7.77. The summed E-state index contributed by atoms with van der Waals surface area (Å²) >= 11 is 3.13. The molecule has 1 aliphatic carbocycles. The number of aromatic nitrogens is 1. The van der Waals surface area contributed by atoms with E-state index in [1.54, 1.807) is 19.2 Å². The average molecular weight is 397 g/mol. The molecule has 1 fully saturated rings. The molecule has 5 nitrogen and oxygen atoms in total. The summed E-state index contributed by atoms with van der Waals surface area (Å²) in [6.07, 6.45) is 4.33. The lowest BCUT2D eigenvalue weighted by Crippen LogP contribution is -2.48. The predicted octanol–water partition coefficient (Wildman–Crippen LogP) is 4.71. The molecule has 1 aliphatic rings. The van der Waals surface area contributed by atoms with Crippen LogP contribution in [-0.2, 0) is 6.42 Å². The van der Waals surface area contributed by atoms with E-state index in [1.165, 1.54) is 17.4 Å². The van der Waals surface area contributed by atoms with Crippen LogP contribution < -0.4 is 0 Å². The number of halogens is 2. The van der Waals surface area contributed by atoms with Crippen LogP contribution in [0.5, 0.6) is 0 Å². The van der Waals surface area contributed by atoms with Crippen LogP contribution in [0.15, 0.2) is 33.5 Å². The summed E-state index contributed by atoms with van der Waals surface area (Å²) in [6.45, 7) is 0. The van der Waals surface area contributed by atoms with E-state index >= 15 is 0 Å². The van der Waals surface area contributed by atoms with Crippen LogP contribution in [0.25, 0.3) is 11.3 Å². The number of nitrogens with zero attached hydrogens (tertiary/aromatic N) is 2. The lowest BCUT2D eigenvalue weighted by molar-refractivity contribution is 0.0923. The first-order valence-corrected chi connectivity index (χ1v) is 8.57. The maximum atomic E-state index is 13.8. The van der Waals surface area contributed by atoms with E-state index in [0.717, 1.165) is 25.7 Å². The van der Waals surface area contributed by atoms with Gasteiger partial charge in [0.05, 0.1) is 10.0 Å². The quantitative estimate of drug-likeness (QED) is 0.812. The normalized spacial score (nSPS) is 16.3. The minimum Gasteiger partial charge on any atom is -0.465 e. The Morgan fingerprint density at radius 2 is 2.17 bits per heavy atom. The Morgan fingerprint density at radius 3 is 2.79 bits per heavy atom. The second-order valence-corrected chi connectivity index (χ2v) is 7.06. The molecule has 1 aromatic heterocycles. The van der Waals surface area contributed by atoms with Crippen molar-refractivity contribution in [3.8, 4) is 11.3 Å². The standard InChI is InChI=1S/C17H18BrFN2O3/c1-21(16(22)23)17(6-2-3-7-17)9-14-15(20-10-24-14)11-4-5-12(18)13(19)8-11/h4-5,8,10H,2-3,6-7,9H2,1H3,(H,22,23). The molecule has 1 amide bonds. The molecule has 0 unspecified atom stereocenters. The van der Waals surface area contributed by atoms with Gasteiger partial charge in [0.1, 0.15) is 17.3 Å². The highest BCUT2D eigenvalue weighted by Crippen LogP contribution is 2.39. The zero-order valence-corrected chi connectivity index (χ0v) is 14.8. The Balaban J connectivity index is 1.95. The molecule has 0 spiro atoms. The Hall–Kier alpha value is -1.89. The molecule has 1 N–H and O–H groups in total. The van der Waals surface area contributed by atoms with E-state index in [9.17, 15) is 14.3 Å². The average Bonchev–Trinajstić information content (AvgIpc) is 3.20. The molecule has 7 heteroatoms. The summed E-state index contributed by atoms with van der Waals surface area (Å²) in [4.78, 5) is 17.1. The largest absolute Gasteiger partial charge is 0.465 e. The van der Waals surface area contributed by atoms with Gasteiger partial charge in [-0.25, -0.2) is 14.2 Å². The Morgan fingerprint density at radius 1 is 1.46 bits per heavy atom. The molecule has 0 atom stereocenters. The number of benzene rings is 1. The third kappa shape index (κ3) is 3.05. The minimum atomic E-state index is -0.951. The van der Waals surface area contributed by atoms with Gasteiger partial charge < -0.3 is 14.4 Å². The maximum absolute atomic E-state index is 13.8. The van der Waals surface area contributed by atoms with Crippen LogP contribution >= 0.6 is 15.9 Å². The Bertz CT molecular complexity index is 756. The second kappa shape index (κ2) is 6.55. The summed E-state index contributed by atoms with van der Waals surface area (Å²) in [5.74, 6) is 0.214. The number of carboxylic acid groups (broad SMARTS) is 1. The van der Waals surface area contributed by atoms with Gasteiger partial charge in [-0.1, -0.05) is 18.9 Å². The van der Waals surface area contributed by atoms with Crippen LogP contribution in [0.3, 0.4) is 0 Å². The third-order valence-corrected chi connectivity index (χ3v) is 5.50. The van der Waals surface area contributed by atoms with Crippen molar-refractivity contribution >= 4 is 22.0 Å². The highest BCUT2D eigenvalue weighted by Gasteiger charge is 2.41. The highest BCUT2D eigenvalue weighted by molar-refractivity contribution is 9.10. The van der Waals surface area contributed by atoms with Crippen molar-refractivity contribution in [2.45, 2.75) is 37.6 Å². The molecule has 3 rings (SSSR count). The molecule has 0 bridgehead atoms. The number of hydrogen-bond acceptors (Lipinski definition) is 3. The SMILES string of the molecule is CN(C(=O)O)C1(Cc2ocnc2-c2ccc(Br)c(F)c2)CCCC1. The molecule has 0 radical (unpaired) electrons. The summed E-state index contributed by atoms with van der Waals surface area (Å²) in [7, 11) is 1.60. The van der Waals surface area contributed by atoms with E-state index in [2.05, 4.69) is 20.9 Å². The molecule has 1 saturated carbocycles. The van der Waals surface area contributed by atoms with Crippen LogP contribution in [0.1, 0.15) is 31.4 Å². The summed E-state index contributed by atoms with van der Waals surface area (Å²) in [5, 5.41) is 9.41. The molecular weight excluding hydrogens is 379 g/mol. The van der Waals surface area contributed by atoms with Gasteiger partial charge in [0.15, 0.2) is 6.39 Å².